The minimum absolute atomic E-state index is 0.0176. The molecule has 5 nitrogen and oxygen atoms in total. The van der Waals surface area contributed by atoms with Gasteiger partial charge in [-0.3, -0.25) is 9.59 Å². The zero-order valence-corrected chi connectivity index (χ0v) is 11.6. The van der Waals surface area contributed by atoms with E-state index in [1.807, 2.05) is 20.8 Å². The van der Waals surface area contributed by atoms with Crippen molar-refractivity contribution in [1.29, 1.82) is 0 Å². The van der Waals surface area contributed by atoms with Gasteiger partial charge in [0.25, 0.3) is 0 Å². The summed E-state index contributed by atoms with van der Waals surface area (Å²) in [6.45, 7) is 7.17. The molecule has 1 atom stereocenters. The van der Waals surface area contributed by atoms with Crippen molar-refractivity contribution in [3.05, 3.63) is 0 Å². The molecule has 1 aliphatic heterocycles. The Balaban J connectivity index is 2.24. The molecule has 0 bridgehead atoms. The second kappa shape index (κ2) is 6.73. The number of hydrogen-bond donors (Lipinski definition) is 3. The van der Waals surface area contributed by atoms with E-state index < -0.39 is 0 Å². The summed E-state index contributed by atoms with van der Waals surface area (Å²) in [6.07, 6.45) is 3.34. The van der Waals surface area contributed by atoms with Crippen molar-refractivity contribution in [2.45, 2.75) is 58.0 Å². The first kappa shape index (κ1) is 15.0. The predicted molar refractivity (Wildman–Crippen MR) is 71.2 cm³/mol. The Hall–Kier alpha value is -1.10. The number of carbonyl (C=O) groups is 2. The minimum atomic E-state index is -0.198. The molecule has 0 radical (unpaired) electrons. The maximum atomic E-state index is 11.6. The molecule has 1 aliphatic rings. The van der Waals surface area contributed by atoms with Crippen LogP contribution in [0.15, 0.2) is 0 Å². The number of amides is 2. The molecule has 0 aliphatic carbocycles. The molecule has 1 unspecified atom stereocenters. The largest absolute Gasteiger partial charge is 0.355 e. The van der Waals surface area contributed by atoms with Crippen molar-refractivity contribution in [2.24, 2.45) is 0 Å². The van der Waals surface area contributed by atoms with Crippen LogP contribution in [0.1, 0.15) is 46.5 Å². The molecule has 5 heteroatoms. The first-order chi connectivity index (χ1) is 8.38. The maximum Gasteiger partial charge on any atom is 0.237 e. The summed E-state index contributed by atoms with van der Waals surface area (Å²) in [5, 5.41) is 8.93. The van der Waals surface area contributed by atoms with Crippen LogP contribution in [0.3, 0.4) is 0 Å². The first-order valence-corrected chi connectivity index (χ1v) is 6.70. The molecule has 0 saturated carbocycles. The van der Waals surface area contributed by atoms with Crippen LogP contribution >= 0.6 is 0 Å². The van der Waals surface area contributed by atoms with Crippen molar-refractivity contribution >= 4 is 11.8 Å². The molecule has 1 rings (SSSR count). The van der Waals surface area contributed by atoms with Gasteiger partial charge in [0.2, 0.25) is 11.8 Å². The fourth-order valence-corrected chi connectivity index (χ4v) is 1.97. The van der Waals surface area contributed by atoms with Crippen LogP contribution in [0.25, 0.3) is 0 Å². The van der Waals surface area contributed by atoms with E-state index in [0.717, 1.165) is 25.8 Å². The molecule has 0 spiro atoms. The van der Waals surface area contributed by atoms with Crippen LogP contribution in [0.2, 0.25) is 0 Å². The van der Waals surface area contributed by atoms with Crippen LogP contribution in [-0.4, -0.2) is 36.5 Å². The molecule has 0 aromatic carbocycles. The smallest absolute Gasteiger partial charge is 0.237 e. The Morgan fingerprint density at radius 2 is 2.11 bits per heavy atom. The number of nitrogens with one attached hydrogen (secondary N) is 3. The normalized spacial score (nSPS) is 21.1. The molecule has 0 aromatic heterocycles. The monoisotopic (exact) mass is 255 g/mol. The van der Waals surface area contributed by atoms with Crippen molar-refractivity contribution in [2.75, 3.05) is 13.1 Å². The Morgan fingerprint density at radius 3 is 2.78 bits per heavy atom. The average molecular weight is 255 g/mol. The highest BCUT2D eigenvalue weighted by Gasteiger charge is 2.20. The van der Waals surface area contributed by atoms with Crippen LogP contribution in [-0.2, 0) is 9.59 Å². The molecule has 3 N–H and O–H groups in total. The van der Waals surface area contributed by atoms with E-state index >= 15 is 0 Å². The van der Waals surface area contributed by atoms with Crippen molar-refractivity contribution in [3.63, 3.8) is 0 Å². The highest BCUT2D eigenvalue weighted by Crippen LogP contribution is 2.05. The van der Waals surface area contributed by atoms with E-state index in [1.165, 1.54) is 0 Å². The van der Waals surface area contributed by atoms with Gasteiger partial charge >= 0.3 is 0 Å². The van der Waals surface area contributed by atoms with E-state index in [-0.39, 0.29) is 23.4 Å². The number of carbonyl (C=O) groups excluding carboxylic acids is 2. The van der Waals surface area contributed by atoms with Gasteiger partial charge in [0.15, 0.2) is 0 Å². The van der Waals surface area contributed by atoms with Crippen LogP contribution in [0, 0.1) is 0 Å². The van der Waals surface area contributed by atoms with Crippen LogP contribution < -0.4 is 16.0 Å². The summed E-state index contributed by atoms with van der Waals surface area (Å²) < 4.78 is 0. The SMILES string of the molecule is CC(C)(C)NC(=O)CCNC1CCCCNC1=O. The van der Waals surface area contributed by atoms with Gasteiger partial charge < -0.3 is 16.0 Å². The lowest BCUT2D eigenvalue weighted by molar-refractivity contribution is -0.124. The second-order valence-electron chi connectivity index (χ2n) is 5.84. The lowest BCUT2D eigenvalue weighted by Gasteiger charge is -2.21. The lowest BCUT2D eigenvalue weighted by atomic mass is 10.1. The molecular formula is C13H25N3O2. The van der Waals surface area contributed by atoms with Gasteiger partial charge in [0, 0.05) is 25.0 Å². The molecular weight excluding hydrogens is 230 g/mol. The first-order valence-electron chi connectivity index (χ1n) is 6.70. The molecule has 0 aromatic rings. The topological polar surface area (TPSA) is 70.2 Å². The lowest BCUT2D eigenvalue weighted by Crippen LogP contribution is -2.45. The number of hydrogen-bond acceptors (Lipinski definition) is 3. The third-order valence-corrected chi connectivity index (χ3v) is 2.79. The predicted octanol–water partition coefficient (Wildman–Crippen LogP) is 0.550. The highest BCUT2D eigenvalue weighted by molar-refractivity contribution is 5.82. The van der Waals surface area contributed by atoms with E-state index in [4.69, 9.17) is 0 Å². The zero-order valence-electron chi connectivity index (χ0n) is 11.6. The Labute approximate surface area is 109 Å². The highest BCUT2D eigenvalue weighted by atomic mass is 16.2. The van der Waals surface area contributed by atoms with Crippen molar-refractivity contribution in [3.8, 4) is 0 Å². The van der Waals surface area contributed by atoms with E-state index in [9.17, 15) is 9.59 Å². The fourth-order valence-electron chi connectivity index (χ4n) is 1.97. The van der Waals surface area contributed by atoms with Crippen molar-refractivity contribution < 1.29 is 9.59 Å². The average Bonchev–Trinajstić information content (AvgIpc) is 2.41. The Bertz CT molecular complexity index is 297. The molecule has 2 amide bonds. The van der Waals surface area contributed by atoms with Gasteiger partial charge in [-0.25, -0.2) is 0 Å². The van der Waals surface area contributed by atoms with Gasteiger partial charge in [-0.05, 0) is 40.0 Å². The van der Waals surface area contributed by atoms with E-state index in [2.05, 4.69) is 16.0 Å². The van der Waals surface area contributed by atoms with Gasteiger partial charge in [-0.1, -0.05) is 0 Å². The van der Waals surface area contributed by atoms with Crippen LogP contribution in [0.4, 0.5) is 0 Å². The Morgan fingerprint density at radius 1 is 1.39 bits per heavy atom. The summed E-state index contributed by atoms with van der Waals surface area (Å²) in [5.41, 5.74) is -0.198. The van der Waals surface area contributed by atoms with Gasteiger partial charge in [-0.15, -0.1) is 0 Å². The van der Waals surface area contributed by atoms with E-state index in [1.54, 1.807) is 0 Å². The second-order valence-corrected chi connectivity index (χ2v) is 5.84. The summed E-state index contributed by atoms with van der Waals surface area (Å²) in [5.74, 6) is 0.0766. The van der Waals surface area contributed by atoms with Crippen LogP contribution in [0.5, 0.6) is 0 Å². The third kappa shape index (κ3) is 6.00. The zero-order chi connectivity index (χ0) is 13.6. The quantitative estimate of drug-likeness (QED) is 0.687. The third-order valence-electron chi connectivity index (χ3n) is 2.79. The molecule has 104 valence electrons. The maximum absolute atomic E-state index is 11.6. The Kier molecular flexibility index (Phi) is 5.59. The molecule has 1 heterocycles. The summed E-state index contributed by atoms with van der Waals surface area (Å²) in [6, 6.07) is -0.144. The summed E-state index contributed by atoms with van der Waals surface area (Å²) in [7, 11) is 0. The molecule has 18 heavy (non-hydrogen) atoms. The minimum Gasteiger partial charge on any atom is -0.355 e. The molecule has 1 saturated heterocycles. The summed E-state index contributed by atoms with van der Waals surface area (Å²) in [4.78, 5) is 23.2. The van der Waals surface area contributed by atoms with Gasteiger partial charge in [-0.2, -0.15) is 0 Å². The molecule has 1 fully saturated rings. The van der Waals surface area contributed by atoms with Gasteiger partial charge in [0.1, 0.15) is 0 Å². The van der Waals surface area contributed by atoms with Crippen molar-refractivity contribution in [1.82, 2.24) is 16.0 Å². The fraction of sp³-hybridized carbons (Fsp3) is 0.846. The van der Waals surface area contributed by atoms with Gasteiger partial charge in [0.05, 0.1) is 6.04 Å². The number of rotatable bonds is 4. The standard InChI is InChI=1S/C13H25N3O2/c1-13(2,3)16-11(17)7-9-14-10-6-4-5-8-15-12(10)18/h10,14H,4-9H2,1-3H3,(H,15,18)(H,16,17). The summed E-state index contributed by atoms with van der Waals surface area (Å²) >= 11 is 0. The van der Waals surface area contributed by atoms with E-state index in [0.29, 0.717) is 13.0 Å².